The van der Waals surface area contributed by atoms with E-state index in [0.717, 1.165) is 23.7 Å². The van der Waals surface area contributed by atoms with Crippen LogP contribution in [0.25, 0.3) is 0 Å². The quantitative estimate of drug-likeness (QED) is 0.757. The van der Waals surface area contributed by atoms with Crippen molar-refractivity contribution in [3.05, 3.63) is 29.3 Å². The number of hydrogen-bond acceptors (Lipinski definition) is 6. The van der Waals surface area contributed by atoms with Crippen LogP contribution in [0.3, 0.4) is 0 Å². The number of nitrogens with one attached hydrogen (secondary N) is 2. The van der Waals surface area contributed by atoms with Gasteiger partial charge in [0.05, 0.1) is 18.7 Å². The molecule has 0 radical (unpaired) electrons. The molecule has 2 N–H and O–H groups in total. The molecule has 2 amide bonds. The lowest BCUT2D eigenvalue weighted by Gasteiger charge is -2.23. The lowest BCUT2D eigenvalue weighted by Crippen LogP contribution is -2.45. The molecule has 2 heterocycles. The highest BCUT2D eigenvalue weighted by molar-refractivity contribution is 7.90. The first-order chi connectivity index (χ1) is 11.9. The minimum atomic E-state index is -3.95. The predicted octanol–water partition coefficient (Wildman–Crippen LogP) is -0.0407. The molecular formula is C16H21N3O5S. The summed E-state index contributed by atoms with van der Waals surface area (Å²) in [6.07, 6.45) is 1.86. The zero-order chi connectivity index (χ0) is 18.0. The molecule has 1 saturated heterocycles. The topological polar surface area (TPSA) is 105 Å². The van der Waals surface area contributed by atoms with Gasteiger partial charge >= 0.3 is 0 Å². The summed E-state index contributed by atoms with van der Waals surface area (Å²) in [5, 5.41) is 6.10. The average molecular weight is 367 g/mol. The fourth-order valence-corrected chi connectivity index (χ4v) is 4.63. The van der Waals surface area contributed by atoms with Gasteiger partial charge in [-0.05, 0) is 37.6 Å². The Balaban J connectivity index is 1.83. The summed E-state index contributed by atoms with van der Waals surface area (Å²) in [4.78, 5) is 24.6. The Labute approximate surface area is 146 Å². The molecule has 9 heteroatoms. The molecule has 1 atom stereocenters. The van der Waals surface area contributed by atoms with Crippen molar-refractivity contribution in [3.8, 4) is 0 Å². The van der Waals surface area contributed by atoms with Crippen LogP contribution in [0.4, 0.5) is 0 Å². The van der Waals surface area contributed by atoms with E-state index >= 15 is 0 Å². The number of hydrogen-bond donors (Lipinski definition) is 2. The van der Waals surface area contributed by atoms with E-state index in [9.17, 15) is 18.0 Å². The maximum atomic E-state index is 12.6. The number of benzene rings is 1. The number of nitrogens with zero attached hydrogens (tertiary/aromatic N) is 1. The Kier molecular flexibility index (Phi) is 5.07. The first-order valence-corrected chi connectivity index (χ1v) is 9.61. The minimum absolute atomic E-state index is 0.0194. The third-order valence-corrected chi connectivity index (χ3v) is 6.22. The van der Waals surface area contributed by atoms with E-state index in [1.807, 2.05) is 0 Å². The molecule has 0 saturated carbocycles. The second kappa shape index (κ2) is 7.11. The maximum Gasteiger partial charge on any atom is 0.269 e. The van der Waals surface area contributed by atoms with Crippen molar-refractivity contribution >= 4 is 21.8 Å². The molecular weight excluding hydrogens is 346 g/mol. The monoisotopic (exact) mass is 367 g/mol. The number of piperidine rings is 1. The summed E-state index contributed by atoms with van der Waals surface area (Å²) in [5.41, 5.74) is 0.321. The molecule has 1 fully saturated rings. The summed E-state index contributed by atoms with van der Waals surface area (Å²) in [5.74, 6) is -0.926. The molecule has 0 spiro atoms. The minimum Gasteiger partial charge on any atom is -0.383 e. The second-order valence-corrected chi connectivity index (χ2v) is 7.93. The molecule has 0 aliphatic carbocycles. The Hall–Kier alpha value is -1.97. The van der Waals surface area contributed by atoms with Crippen molar-refractivity contribution in [1.29, 1.82) is 0 Å². The van der Waals surface area contributed by atoms with Crippen molar-refractivity contribution in [3.63, 3.8) is 0 Å². The molecule has 1 aromatic carbocycles. The zero-order valence-electron chi connectivity index (χ0n) is 13.9. The van der Waals surface area contributed by atoms with Crippen molar-refractivity contribution in [2.24, 2.45) is 0 Å². The van der Waals surface area contributed by atoms with Crippen LogP contribution in [0.5, 0.6) is 0 Å². The van der Waals surface area contributed by atoms with E-state index in [4.69, 9.17) is 4.74 Å². The van der Waals surface area contributed by atoms with Crippen LogP contribution in [-0.2, 0) is 14.8 Å². The van der Waals surface area contributed by atoms with Crippen molar-refractivity contribution in [2.45, 2.75) is 23.8 Å². The Morgan fingerprint density at radius 1 is 1.44 bits per heavy atom. The maximum absolute atomic E-state index is 12.6. The number of fused-ring (bicyclic) bond motifs is 1. The van der Waals surface area contributed by atoms with Crippen LogP contribution in [0.1, 0.15) is 33.6 Å². The molecule has 25 heavy (non-hydrogen) atoms. The second-order valence-electron chi connectivity index (χ2n) is 6.10. The summed E-state index contributed by atoms with van der Waals surface area (Å²) in [7, 11) is -2.51. The van der Waals surface area contributed by atoms with Gasteiger partial charge in [0.2, 0.25) is 0 Å². The lowest BCUT2D eigenvalue weighted by molar-refractivity contribution is 0.0835. The Bertz CT molecular complexity index is 787. The molecule has 2 aliphatic heterocycles. The number of sulfonamides is 1. The van der Waals surface area contributed by atoms with Gasteiger partial charge in [-0.2, -0.15) is 0 Å². The van der Waals surface area contributed by atoms with Crippen molar-refractivity contribution in [1.82, 2.24) is 14.9 Å². The van der Waals surface area contributed by atoms with Crippen LogP contribution >= 0.6 is 0 Å². The Morgan fingerprint density at radius 3 is 2.92 bits per heavy atom. The summed E-state index contributed by atoms with van der Waals surface area (Å²) < 4.78 is 30.8. The SMILES string of the molecule is COCCN1C(=O)c2ccc(C(=O)N[C@H]3CCCNC3)cc2S1(=O)=O. The molecule has 0 bridgehead atoms. The highest BCUT2D eigenvalue weighted by Gasteiger charge is 2.41. The van der Waals surface area contributed by atoms with Crippen LogP contribution in [-0.4, -0.2) is 63.9 Å². The van der Waals surface area contributed by atoms with Gasteiger partial charge in [0.1, 0.15) is 4.90 Å². The molecule has 1 aromatic rings. The predicted molar refractivity (Wildman–Crippen MR) is 89.9 cm³/mol. The third-order valence-electron chi connectivity index (χ3n) is 4.40. The van der Waals surface area contributed by atoms with Gasteiger partial charge in [-0.15, -0.1) is 0 Å². The molecule has 136 valence electrons. The highest BCUT2D eigenvalue weighted by atomic mass is 32.2. The van der Waals surface area contributed by atoms with Gasteiger partial charge in [-0.3, -0.25) is 9.59 Å². The van der Waals surface area contributed by atoms with Gasteiger partial charge in [0.25, 0.3) is 21.8 Å². The number of amides is 2. The van der Waals surface area contributed by atoms with Crippen LogP contribution in [0.15, 0.2) is 23.1 Å². The van der Waals surface area contributed by atoms with E-state index < -0.39 is 15.9 Å². The number of carbonyl (C=O) groups excluding carboxylic acids is 2. The van der Waals surface area contributed by atoms with Gasteiger partial charge in [-0.25, -0.2) is 12.7 Å². The van der Waals surface area contributed by atoms with Crippen molar-refractivity contribution in [2.75, 3.05) is 33.4 Å². The zero-order valence-corrected chi connectivity index (χ0v) is 14.8. The highest BCUT2D eigenvalue weighted by Crippen LogP contribution is 2.30. The standard InChI is InChI=1S/C16H21N3O5S/c1-24-8-7-19-16(21)13-5-4-11(9-14(13)25(19,22)23)15(20)18-12-3-2-6-17-10-12/h4-5,9,12,17H,2-3,6-8,10H2,1H3,(H,18,20)/t12-/m0/s1. The summed E-state index contributed by atoms with van der Waals surface area (Å²) in [6.45, 7) is 1.68. The summed E-state index contributed by atoms with van der Waals surface area (Å²) >= 11 is 0. The largest absolute Gasteiger partial charge is 0.383 e. The molecule has 8 nitrogen and oxygen atoms in total. The van der Waals surface area contributed by atoms with E-state index in [1.165, 1.54) is 25.3 Å². The normalized spacial score (nSPS) is 21.9. The molecule has 3 rings (SSSR count). The first kappa shape index (κ1) is 17.8. The van der Waals surface area contributed by atoms with E-state index in [1.54, 1.807) is 0 Å². The van der Waals surface area contributed by atoms with Crippen molar-refractivity contribution < 1.29 is 22.7 Å². The number of methoxy groups -OCH3 is 1. The van der Waals surface area contributed by atoms with Crippen LogP contribution in [0, 0.1) is 0 Å². The number of ether oxygens (including phenoxy) is 1. The number of rotatable bonds is 5. The molecule has 0 aromatic heterocycles. The van der Waals surface area contributed by atoms with Crippen LogP contribution < -0.4 is 10.6 Å². The average Bonchev–Trinajstić information content (AvgIpc) is 2.80. The fraction of sp³-hybridized carbons (Fsp3) is 0.500. The van der Waals surface area contributed by atoms with E-state index in [2.05, 4.69) is 10.6 Å². The fourth-order valence-electron chi connectivity index (χ4n) is 3.06. The first-order valence-electron chi connectivity index (χ1n) is 8.17. The van der Waals surface area contributed by atoms with Gasteiger partial charge in [-0.1, -0.05) is 0 Å². The van der Waals surface area contributed by atoms with E-state index in [-0.39, 0.29) is 41.1 Å². The van der Waals surface area contributed by atoms with E-state index in [0.29, 0.717) is 6.54 Å². The lowest BCUT2D eigenvalue weighted by atomic mass is 10.1. The van der Waals surface area contributed by atoms with Gasteiger partial charge < -0.3 is 15.4 Å². The number of carbonyl (C=O) groups is 2. The smallest absolute Gasteiger partial charge is 0.269 e. The van der Waals surface area contributed by atoms with Gasteiger partial charge in [0.15, 0.2) is 0 Å². The molecule has 2 aliphatic rings. The third kappa shape index (κ3) is 3.39. The Morgan fingerprint density at radius 2 is 2.24 bits per heavy atom. The van der Waals surface area contributed by atoms with Gasteiger partial charge in [0, 0.05) is 25.3 Å². The molecule has 0 unspecified atom stereocenters. The van der Waals surface area contributed by atoms with Crippen LogP contribution in [0.2, 0.25) is 0 Å². The summed E-state index contributed by atoms with van der Waals surface area (Å²) in [6, 6.07) is 4.18.